The smallest absolute Gasteiger partial charge is 0.324 e. The molecule has 292 valence electrons. The lowest BCUT2D eigenvalue weighted by Crippen LogP contribution is -2.61. The van der Waals surface area contributed by atoms with Gasteiger partial charge in [-0.05, 0) is 75.4 Å². The second-order valence-electron chi connectivity index (χ2n) is 15.7. The maximum absolute atomic E-state index is 14.2. The molecule has 1 saturated heterocycles. The number of esters is 2. The number of carbonyl (C=O) groups excluding carboxylic acids is 5. The number of amides is 3. The average Bonchev–Trinajstić information content (AvgIpc) is 3.08. The third kappa shape index (κ3) is 11.7. The molecule has 3 rings (SSSR count). The fourth-order valence-corrected chi connectivity index (χ4v) is 7.25. The van der Waals surface area contributed by atoms with Gasteiger partial charge in [-0.25, -0.2) is 10.4 Å². The number of carbonyl (C=O) groups is 5. The van der Waals surface area contributed by atoms with Gasteiger partial charge in [0.25, 0.3) is 5.91 Å². The molecule has 13 nitrogen and oxygen atoms in total. The van der Waals surface area contributed by atoms with Crippen LogP contribution in [-0.2, 0) is 37.9 Å². The van der Waals surface area contributed by atoms with E-state index in [-0.39, 0.29) is 16.9 Å². The number of hydrogen-bond donors (Lipinski definition) is 3. The molecule has 0 saturated carbocycles. The molecule has 0 spiro atoms. The van der Waals surface area contributed by atoms with Crippen LogP contribution in [-0.4, -0.2) is 85.9 Å². The Kier molecular flexibility index (Phi) is 14.9. The van der Waals surface area contributed by atoms with Crippen LogP contribution in [0.15, 0.2) is 36.4 Å². The third-order valence-corrected chi connectivity index (χ3v) is 14.6. The number of fused-ring (bicyclic) bond motifs is 1. The van der Waals surface area contributed by atoms with Gasteiger partial charge in [0, 0.05) is 18.9 Å². The van der Waals surface area contributed by atoms with Crippen molar-refractivity contribution in [1.29, 1.82) is 0 Å². The second-order valence-corrected chi connectivity index (χ2v) is 20.5. The molecule has 53 heavy (non-hydrogen) atoms. The summed E-state index contributed by atoms with van der Waals surface area (Å²) in [7, 11) is -1.02. The summed E-state index contributed by atoms with van der Waals surface area (Å²) in [6, 6.07) is 6.98. The molecule has 0 bridgehead atoms. The highest BCUT2D eigenvalue weighted by Crippen LogP contribution is 2.38. The van der Waals surface area contributed by atoms with Gasteiger partial charge in [0.2, 0.25) is 11.8 Å². The zero-order valence-electron chi connectivity index (χ0n) is 33.4. The number of hydrogen-bond acceptors (Lipinski definition) is 10. The topological polar surface area (TPSA) is 165 Å². The highest BCUT2D eigenvalue weighted by molar-refractivity contribution is 6.74. The van der Waals surface area contributed by atoms with E-state index in [9.17, 15) is 24.0 Å². The lowest BCUT2D eigenvalue weighted by Gasteiger charge is -2.40. The molecule has 1 aliphatic heterocycles. The summed E-state index contributed by atoms with van der Waals surface area (Å²) in [6.45, 7) is 21.2. The predicted molar refractivity (Wildman–Crippen MR) is 206 cm³/mol. The first kappa shape index (κ1) is 43.3. The molecule has 1 fully saturated rings. The summed E-state index contributed by atoms with van der Waals surface area (Å²) in [4.78, 5) is 69.4. The van der Waals surface area contributed by atoms with Gasteiger partial charge < -0.3 is 24.5 Å². The Labute approximate surface area is 315 Å². The first-order chi connectivity index (χ1) is 24.6. The first-order valence-corrected chi connectivity index (χ1v) is 21.3. The number of hydrazine groups is 1. The fourth-order valence-electron chi connectivity index (χ4n) is 5.82. The van der Waals surface area contributed by atoms with E-state index in [2.05, 4.69) is 49.9 Å². The number of nitrogens with one attached hydrogen (secondary N) is 3. The SMILES string of the molecule is COC(=O)[C@@H]1CCCN(C(=O)[C@H](C)NC(=O)[C@@H](NC(=O)[C@H](/C=C/c2ccc3ccc([C@@H](C)OC(C)=O)nc3c2)[C@@H](C)O[Si](C)(C)C(C)(C)C)C(C)C)N1. The van der Waals surface area contributed by atoms with Gasteiger partial charge >= 0.3 is 11.9 Å². The second kappa shape index (κ2) is 18.3. The largest absolute Gasteiger partial charge is 0.468 e. The van der Waals surface area contributed by atoms with Crippen molar-refractivity contribution in [3.63, 3.8) is 0 Å². The minimum absolute atomic E-state index is 0.111. The summed E-state index contributed by atoms with van der Waals surface area (Å²) >= 11 is 0. The number of ether oxygens (including phenoxy) is 2. The summed E-state index contributed by atoms with van der Waals surface area (Å²) in [6.07, 6.45) is 3.72. The molecule has 6 atom stereocenters. The number of rotatable bonds is 14. The Morgan fingerprint density at radius 1 is 1.00 bits per heavy atom. The molecule has 3 N–H and O–H groups in total. The van der Waals surface area contributed by atoms with E-state index >= 15 is 0 Å². The summed E-state index contributed by atoms with van der Waals surface area (Å²) in [5, 5.41) is 7.85. The Morgan fingerprint density at radius 3 is 2.26 bits per heavy atom. The Bertz CT molecular complexity index is 1670. The molecular formula is C39H59N5O8Si. The average molecular weight is 754 g/mol. The van der Waals surface area contributed by atoms with Gasteiger partial charge in [-0.1, -0.05) is 65.0 Å². The van der Waals surface area contributed by atoms with Gasteiger partial charge in [-0.15, -0.1) is 0 Å². The van der Waals surface area contributed by atoms with Crippen molar-refractivity contribution in [2.24, 2.45) is 11.8 Å². The number of nitrogens with zero attached hydrogens (tertiary/aromatic N) is 2. The van der Waals surface area contributed by atoms with E-state index in [4.69, 9.17) is 18.9 Å². The Morgan fingerprint density at radius 2 is 1.66 bits per heavy atom. The molecule has 2 heterocycles. The van der Waals surface area contributed by atoms with Gasteiger partial charge in [0.1, 0.15) is 24.2 Å². The van der Waals surface area contributed by atoms with Crippen molar-refractivity contribution in [3.8, 4) is 0 Å². The zero-order valence-corrected chi connectivity index (χ0v) is 34.4. The molecule has 0 unspecified atom stereocenters. The van der Waals surface area contributed by atoms with E-state index in [0.29, 0.717) is 30.6 Å². The zero-order chi connectivity index (χ0) is 39.8. The van der Waals surface area contributed by atoms with E-state index in [0.717, 1.165) is 10.9 Å². The predicted octanol–water partition coefficient (Wildman–Crippen LogP) is 5.21. The van der Waals surface area contributed by atoms with Gasteiger partial charge in [0.15, 0.2) is 8.32 Å². The van der Waals surface area contributed by atoms with Crippen LogP contribution in [0.2, 0.25) is 18.1 Å². The highest BCUT2D eigenvalue weighted by atomic mass is 28.4. The maximum atomic E-state index is 14.2. The molecule has 1 aromatic heterocycles. The van der Waals surface area contributed by atoms with E-state index in [1.807, 2.05) is 57.2 Å². The van der Waals surface area contributed by atoms with Crippen LogP contribution in [0.25, 0.3) is 17.0 Å². The molecule has 14 heteroatoms. The van der Waals surface area contributed by atoms with Crippen LogP contribution >= 0.6 is 0 Å². The van der Waals surface area contributed by atoms with Crippen molar-refractivity contribution in [3.05, 3.63) is 47.7 Å². The minimum Gasteiger partial charge on any atom is -0.468 e. The van der Waals surface area contributed by atoms with Crippen LogP contribution in [0.4, 0.5) is 0 Å². The highest BCUT2D eigenvalue weighted by Gasteiger charge is 2.41. The van der Waals surface area contributed by atoms with Crippen LogP contribution in [0, 0.1) is 11.8 Å². The van der Waals surface area contributed by atoms with Crippen LogP contribution in [0.3, 0.4) is 0 Å². The van der Waals surface area contributed by atoms with E-state index < -0.39 is 68.3 Å². The van der Waals surface area contributed by atoms with Crippen molar-refractivity contribution >= 4 is 55.0 Å². The van der Waals surface area contributed by atoms with Crippen LogP contribution < -0.4 is 16.1 Å². The summed E-state index contributed by atoms with van der Waals surface area (Å²) in [5.74, 6) is -3.24. The van der Waals surface area contributed by atoms with E-state index in [1.165, 1.54) is 19.0 Å². The lowest BCUT2D eigenvalue weighted by molar-refractivity contribution is -0.151. The Hall–Kier alpha value is -4.14. The molecule has 1 aromatic carbocycles. The maximum Gasteiger partial charge on any atom is 0.324 e. The van der Waals surface area contributed by atoms with Crippen molar-refractivity contribution in [2.45, 2.75) is 124 Å². The molecular weight excluding hydrogens is 695 g/mol. The van der Waals surface area contributed by atoms with E-state index in [1.54, 1.807) is 19.9 Å². The fraction of sp³-hybridized carbons (Fsp3) is 0.590. The molecule has 1 aliphatic rings. The minimum atomic E-state index is -2.32. The molecule has 0 radical (unpaired) electrons. The summed E-state index contributed by atoms with van der Waals surface area (Å²) < 4.78 is 16.8. The normalized spacial score (nSPS) is 18.2. The molecule has 0 aliphatic carbocycles. The van der Waals surface area contributed by atoms with Gasteiger partial charge in [0.05, 0.1) is 30.3 Å². The number of pyridine rings is 1. The van der Waals surface area contributed by atoms with Crippen molar-refractivity contribution in [2.75, 3.05) is 13.7 Å². The third-order valence-electron chi connectivity index (χ3n) is 10.0. The van der Waals surface area contributed by atoms with Crippen LogP contribution in [0.5, 0.6) is 0 Å². The van der Waals surface area contributed by atoms with Crippen molar-refractivity contribution < 1.29 is 37.9 Å². The van der Waals surface area contributed by atoms with Crippen molar-refractivity contribution in [1.82, 2.24) is 26.1 Å². The Balaban J connectivity index is 1.86. The van der Waals surface area contributed by atoms with Crippen LogP contribution in [0.1, 0.15) is 92.5 Å². The first-order valence-electron chi connectivity index (χ1n) is 18.3. The molecule has 3 amide bonds. The van der Waals surface area contributed by atoms with Gasteiger partial charge in [-0.2, -0.15) is 0 Å². The monoisotopic (exact) mass is 753 g/mol. The lowest BCUT2D eigenvalue weighted by atomic mass is 9.97. The quantitative estimate of drug-likeness (QED) is 0.172. The number of methoxy groups -OCH3 is 1. The number of aromatic nitrogens is 1. The molecule has 2 aromatic rings. The summed E-state index contributed by atoms with van der Waals surface area (Å²) in [5.41, 5.74) is 5.02. The van der Waals surface area contributed by atoms with Gasteiger partial charge in [-0.3, -0.25) is 29.0 Å². The number of benzene rings is 1. The standard InChI is InChI=1S/C39H59N5O8Si/c1-23(2)34(36(47)40-24(3)37(48)44-21-13-14-32(43-44)38(49)50-10)42-35(46)30(25(4)52-53(11,12)39(7,8)9)19-16-28-15-17-29-18-20-31(41-33(29)22-28)26(5)51-27(6)45/h15-20,22-26,30,32,34,43H,13-14,21H2,1-12H3,(H,40,47)(H,42,46)/b19-16+/t24-,25+,26+,30+,32-,34-/m0/s1.